The van der Waals surface area contributed by atoms with Crippen LogP contribution in [0.25, 0.3) is 0 Å². The fourth-order valence-corrected chi connectivity index (χ4v) is 3.78. The number of halogens is 1. The van der Waals surface area contributed by atoms with E-state index in [0.717, 1.165) is 44.2 Å². The highest BCUT2D eigenvalue weighted by Gasteiger charge is 2.21. The summed E-state index contributed by atoms with van der Waals surface area (Å²) in [5.41, 5.74) is 1.42. The second kappa shape index (κ2) is 14.7. The molecule has 188 valence electrons. The van der Waals surface area contributed by atoms with Gasteiger partial charge in [0.25, 0.3) is 0 Å². The van der Waals surface area contributed by atoms with Crippen LogP contribution in [-0.4, -0.2) is 61.3 Å². The number of hydrogen-bond donors (Lipinski definition) is 3. The molecule has 8 heteroatoms. The Kier molecular flexibility index (Phi) is 13.1. The number of hydrogen-bond acceptors (Lipinski definition) is 4. The molecule has 0 radical (unpaired) electrons. The first-order valence-electron chi connectivity index (χ1n) is 12.0. The van der Waals surface area contributed by atoms with Gasteiger partial charge in [-0.25, -0.2) is 4.79 Å². The number of rotatable bonds is 8. The standard InChI is InChI=1S/C25H43N5O2.HI/c1-7-26-23(28-17-21-9-8-16-30(18-21)19(2)3)27-15-14-20-10-12-22(13-11-20)29-24(31)32-25(4,5)6;/h10-13,19,21H,7-9,14-18H2,1-6H3,(H,29,31)(H2,26,27,28);1H. The average Bonchev–Trinajstić information content (AvgIpc) is 2.72. The van der Waals surface area contributed by atoms with Gasteiger partial charge in [-0.05, 0) is 91.0 Å². The van der Waals surface area contributed by atoms with Crippen LogP contribution >= 0.6 is 24.0 Å². The van der Waals surface area contributed by atoms with Gasteiger partial charge in [-0.2, -0.15) is 0 Å². The minimum absolute atomic E-state index is 0. The first-order chi connectivity index (χ1) is 15.2. The van der Waals surface area contributed by atoms with Gasteiger partial charge < -0.3 is 20.3 Å². The lowest BCUT2D eigenvalue weighted by atomic mass is 9.97. The van der Waals surface area contributed by atoms with E-state index < -0.39 is 11.7 Å². The van der Waals surface area contributed by atoms with Crippen molar-refractivity contribution in [3.8, 4) is 0 Å². The highest BCUT2D eigenvalue weighted by atomic mass is 127. The van der Waals surface area contributed by atoms with Crippen LogP contribution in [-0.2, 0) is 11.2 Å². The third-order valence-electron chi connectivity index (χ3n) is 5.44. The van der Waals surface area contributed by atoms with Gasteiger partial charge in [-0.3, -0.25) is 10.3 Å². The molecular weight excluding hydrogens is 529 g/mol. The van der Waals surface area contributed by atoms with E-state index in [4.69, 9.17) is 9.73 Å². The minimum atomic E-state index is -0.508. The molecule has 1 atom stereocenters. The Labute approximate surface area is 217 Å². The number of likely N-dealkylation sites (tertiary alicyclic amines) is 1. The number of carbonyl (C=O) groups excluding carboxylic acids is 1. The molecule has 3 N–H and O–H groups in total. The summed E-state index contributed by atoms with van der Waals surface area (Å²) in [6, 6.07) is 8.48. The van der Waals surface area contributed by atoms with Crippen LogP contribution < -0.4 is 16.0 Å². The number of ether oxygens (including phenoxy) is 1. The minimum Gasteiger partial charge on any atom is -0.444 e. The summed E-state index contributed by atoms with van der Waals surface area (Å²) in [6.45, 7) is 17.1. The first kappa shape index (κ1) is 29.5. The van der Waals surface area contributed by atoms with Crippen molar-refractivity contribution in [2.45, 2.75) is 72.4 Å². The van der Waals surface area contributed by atoms with Gasteiger partial charge in [0.1, 0.15) is 5.60 Å². The van der Waals surface area contributed by atoms with E-state index in [1.54, 1.807) is 0 Å². The quantitative estimate of drug-likeness (QED) is 0.235. The zero-order chi connectivity index (χ0) is 23.6. The van der Waals surface area contributed by atoms with Crippen LogP contribution in [0.5, 0.6) is 0 Å². The second-order valence-corrected chi connectivity index (χ2v) is 9.82. The van der Waals surface area contributed by atoms with E-state index in [2.05, 4.69) is 41.6 Å². The van der Waals surface area contributed by atoms with E-state index in [9.17, 15) is 4.79 Å². The Morgan fingerprint density at radius 3 is 2.52 bits per heavy atom. The molecule has 1 aromatic rings. The van der Waals surface area contributed by atoms with Crippen LogP contribution in [0.4, 0.5) is 10.5 Å². The van der Waals surface area contributed by atoms with Crippen LogP contribution in [0.2, 0.25) is 0 Å². The topological polar surface area (TPSA) is 78.0 Å². The van der Waals surface area contributed by atoms with Crippen molar-refractivity contribution in [3.63, 3.8) is 0 Å². The van der Waals surface area contributed by atoms with Crippen molar-refractivity contribution >= 4 is 41.7 Å². The predicted octanol–water partition coefficient (Wildman–Crippen LogP) is 4.87. The van der Waals surface area contributed by atoms with Gasteiger partial charge in [-0.15, -0.1) is 24.0 Å². The fraction of sp³-hybridized carbons (Fsp3) is 0.680. The van der Waals surface area contributed by atoms with Crippen molar-refractivity contribution in [1.29, 1.82) is 0 Å². The second-order valence-electron chi connectivity index (χ2n) is 9.82. The molecule has 0 spiro atoms. The lowest BCUT2D eigenvalue weighted by molar-refractivity contribution is 0.0636. The highest BCUT2D eigenvalue weighted by Crippen LogP contribution is 2.18. The van der Waals surface area contributed by atoms with Gasteiger partial charge in [0, 0.05) is 37.9 Å². The summed E-state index contributed by atoms with van der Waals surface area (Å²) in [4.78, 5) is 19.3. The number of carbonyl (C=O) groups is 1. The average molecular weight is 574 g/mol. The smallest absolute Gasteiger partial charge is 0.412 e. The van der Waals surface area contributed by atoms with Crippen LogP contribution in [0, 0.1) is 5.92 Å². The molecular formula is C25H44IN5O2. The monoisotopic (exact) mass is 573 g/mol. The zero-order valence-corrected chi connectivity index (χ0v) is 23.6. The Bertz CT molecular complexity index is 731. The maximum absolute atomic E-state index is 11.9. The Balaban J connectivity index is 0.00000544. The number of anilines is 1. The number of benzene rings is 1. The first-order valence-corrected chi connectivity index (χ1v) is 12.0. The van der Waals surface area contributed by atoms with Crippen molar-refractivity contribution < 1.29 is 9.53 Å². The summed E-state index contributed by atoms with van der Waals surface area (Å²) >= 11 is 0. The number of piperidine rings is 1. The molecule has 0 aromatic heterocycles. The number of amides is 1. The van der Waals surface area contributed by atoms with Crippen molar-refractivity contribution in [2.75, 3.05) is 38.0 Å². The molecule has 1 aliphatic heterocycles. The third kappa shape index (κ3) is 11.9. The molecule has 1 amide bonds. The van der Waals surface area contributed by atoms with Crippen molar-refractivity contribution in [3.05, 3.63) is 29.8 Å². The third-order valence-corrected chi connectivity index (χ3v) is 5.44. The molecule has 0 saturated carbocycles. The normalized spacial score (nSPS) is 17.3. The van der Waals surface area contributed by atoms with Crippen molar-refractivity contribution in [2.24, 2.45) is 10.9 Å². The zero-order valence-electron chi connectivity index (χ0n) is 21.2. The molecule has 2 rings (SSSR count). The molecule has 1 saturated heterocycles. The van der Waals surface area contributed by atoms with E-state index in [1.165, 1.54) is 24.9 Å². The maximum atomic E-state index is 11.9. The highest BCUT2D eigenvalue weighted by molar-refractivity contribution is 14.0. The van der Waals surface area contributed by atoms with E-state index in [-0.39, 0.29) is 24.0 Å². The number of nitrogens with one attached hydrogen (secondary N) is 3. The number of guanidine groups is 1. The predicted molar refractivity (Wildman–Crippen MR) is 149 cm³/mol. The summed E-state index contributed by atoms with van der Waals surface area (Å²) < 4.78 is 5.29. The van der Waals surface area contributed by atoms with Gasteiger partial charge in [0.2, 0.25) is 0 Å². The van der Waals surface area contributed by atoms with Gasteiger partial charge in [0.15, 0.2) is 5.96 Å². The van der Waals surface area contributed by atoms with Crippen LogP contribution in [0.1, 0.15) is 59.9 Å². The van der Waals surface area contributed by atoms with Crippen molar-refractivity contribution in [1.82, 2.24) is 15.5 Å². The lowest BCUT2D eigenvalue weighted by Gasteiger charge is -2.34. The molecule has 7 nitrogen and oxygen atoms in total. The molecule has 33 heavy (non-hydrogen) atoms. The molecule has 1 aliphatic rings. The molecule has 0 aliphatic carbocycles. The van der Waals surface area contributed by atoms with E-state index in [1.807, 2.05) is 45.0 Å². The number of nitrogens with zero attached hydrogens (tertiary/aromatic N) is 2. The SMILES string of the molecule is CCNC(=NCC1CCCN(C(C)C)C1)NCCc1ccc(NC(=O)OC(C)(C)C)cc1.I. The molecule has 1 unspecified atom stereocenters. The van der Waals surface area contributed by atoms with Gasteiger partial charge in [-0.1, -0.05) is 12.1 Å². The summed E-state index contributed by atoms with van der Waals surface area (Å²) in [5, 5.41) is 9.57. The fourth-order valence-electron chi connectivity index (χ4n) is 3.78. The molecule has 1 aromatic carbocycles. The lowest BCUT2D eigenvalue weighted by Crippen LogP contribution is -2.42. The Hall–Kier alpha value is -1.55. The van der Waals surface area contributed by atoms with Gasteiger partial charge in [0.05, 0.1) is 0 Å². The summed E-state index contributed by atoms with van der Waals surface area (Å²) in [6.07, 6.45) is 2.96. The molecule has 1 fully saturated rings. The van der Waals surface area contributed by atoms with E-state index in [0.29, 0.717) is 12.0 Å². The largest absolute Gasteiger partial charge is 0.444 e. The maximum Gasteiger partial charge on any atom is 0.412 e. The van der Waals surface area contributed by atoms with Crippen LogP contribution in [0.15, 0.2) is 29.3 Å². The van der Waals surface area contributed by atoms with Crippen LogP contribution in [0.3, 0.4) is 0 Å². The molecule has 1 heterocycles. The van der Waals surface area contributed by atoms with Gasteiger partial charge >= 0.3 is 6.09 Å². The molecule has 0 bridgehead atoms. The Morgan fingerprint density at radius 1 is 1.21 bits per heavy atom. The number of aliphatic imine (C=N–C) groups is 1. The summed E-state index contributed by atoms with van der Waals surface area (Å²) in [5.74, 6) is 1.52. The Morgan fingerprint density at radius 2 is 1.91 bits per heavy atom. The van der Waals surface area contributed by atoms with E-state index >= 15 is 0 Å². The summed E-state index contributed by atoms with van der Waals surface area (Å²) in [7, 11) is 0.